The van der Waals surface area contributed by atoms with Crippen LogP contribution in [0.4, 0.5) is 0 Å². The average molecular weight is 256 g/mol. The maximum atomic E-state index is 2.40. The fourth-order valence-corrected chi connectivity index (χ4v) is 4.30. The van der Waals surface area contributed by atoms with Gasteiger partial charge in [0.2, 0.25) is 0 Å². The summed E-state index contributed by atoms with van der Waals surface area (Å²) in [4.78, 5) is 4.78. The minimum atomic E-state index is 0.342. The molecule has 1 aliphatic heterocycles. The van der Waals surface area contributed by atoms with Crippen molar-refractivity contribution in [3.63, 3.8) is 0 Å². The van der Waals surface area contributed by atoms with Gasteiger partial charge in [-0.05, 0) is 28.2 Å². The SMILES string of the molecule is CN(C)B1[C-](CCc2cc[cH-]c2)B(N(C)C)C1(C)C. The third-order valence-corrected chi connectivity index (χ3v) is 4.58. The van der Waals surface area contributed by atoms with Gasteiger partial charge in [0.25, 0.3) is 0 Å². The van der Waals surface area contributed by atoms with Crippen LogP contribution in [0.25, 0.3) is 0 Å². The van der Waals surface area contributed by atoms with E-state index in [1.54, 1.807) is 5.72 Å². The van der Waals surface area contributed by atoms with Gasteiger partial charge in [-0.2, -0.15) is 24.6 Å². The topological polar surface area (TPSA) is 6.48 Å². The second-order valence-corrected chi connectivity index (χ2v) is 6.92. The van der Waals surface area contributed by atoms with Gasteiger partial charge in [-0.1, -0.05) is 13.8 Å². The molecule has 19 heavy (non-hydrogen) atoms. The van der Waals surface area contributed by atoms with E-state index in [1.807, 2.05) is 0 Å². The molecule has 0 radical (unpaired) electrons. The third kappa shape index (κ3) is 2.66. The molecule has 1 aromatic rings. The number of hydrogen-bond donors (Lipinski definition) is 0. The van der Waals surface area contributed by atoms with Crippen molar-refractivity contribution in [1.82, 2.24) is 9.62 Å². The number of rotatable bonds is 5. The molecule has 104 valence electrons. The van der Waals surface area contributed by atoms with Crippen molar-refractivity contribution >= 4 is 13.7 Å². The zero-order valence-corrected chi connectivity index (χ0v) is 13.3. The summed E-state index contributed by atoms with van der Waals surface area (Å²) in [6.45, 7) is 6.01. The minimum Gasteiger partial charge on any atom is -0.380 e. The molecule has 0 atom stereocenters. The molecule has 4 heteroatoms. The van der Waals surface area contributed by atoms with Gasteiger partial charge in [0.15, 0.2) is 0 Å². The van der Waals surface area contributed by atoms with Crippen molar-refractivity contribution in [3.05, 3.63) is 35.5 Å². The van der Waals surface area contributed by atoms with Gasteiger partial charge in [0.05, 0.1) is 0 Å². The molecule has 1 saturated heterocycles. The van der Waals surface area contributed by atoms with Crippen LogP contribution in [0.15, 0.2) is 24.3 Å². The van der Waals surface area contributed by atoms with Crippen LogP contribution in [-0.4, -0.2) is 51.5 Å². The van der Waals surface area contributed by atoms with Crippen LogP contribution in [0.2, 0.25) is 5.21 Å². The summed E-state index contributed by atoms with van der Waals surface area (Å²) in [5.41, 5.74) is 3.16. The van der Waals surface area contributed by atoms with Gasteiger partial charge >= 0.3 is 0 Å². The lowest BCUT2D eigenvalue weighted by Crippen LogP contribution is -2.72. The minimum absolute atomic E-state index is 0.342. The van der Waals surface area contributed by atoms with Crippen LogP contribution in [0, 0.1) is 5.72 Å². The quantitative estimate of drug-likeness (QED) is 0.589. The molecule has 1 aliphatic rings. The summed E-state index contributed by atoms with van der Waals surface area (Å²) >= 11 is 0. The van der Waals surface area contributed by atoms with Gasteiger partial charge in [-0.3, -0.25) is 0 Å². The Morgan fingerprint density at radius 3 is 2.16 bits per heavy atom. The molecule has 0 spiro atoms. The summed E-state index contributed by atoms with van der Waals surface area (Å²) in [6.07, 6.45) is 2.38. The van der Waals surface area contributed by atoms with E-state index in [2.05, 4.69) is 75.9 Å². The van der Waals surface area contributed by atoms with E-state index >= 15 is 0 Å². The Morgan fingerprint density at radius 2 is 1.74 bits per heavy atom. The molecular weight excluding hydrogens is 230 g/mol. The molecule has 0 saturated carbocycles. The predicted octanol–water partition coefficient (Wildman–Crippen LogP) is 2.43. The lowest BCUT2D eigenvalue weighted by Gasteiger charge is -2.71. The molecule has 0 aliphatic carbocycles. The predicted molar refractivity (Wildman–Crippen MR) is 86.5 cm³/mol. The van der Waals surface area contributed by atoms with Crippen molar-refractivity contribution in [2.75, 3.05) is 28.2 Å². The molecular formula is C15H26B2N2-2. The van der Waals surface area contributed by atoms with Crippen molar-refractivity contribution in [2.24, 2.45) is 0 Å². The number of nitrogens with zero attached hydrogens (tertiary/aromatic N) is 2. The first-order valence-electron chi connectivity index (χ1n) is 7.24. The van der Waals surface area contributed by atoms with E-state index in [0.717, 1.165) is 0 Å². The van der Waals surface area contributed by atoms with Crippen LogP contribution >= 0.6 is 0 Å². The second kappa shape index (κ2) is 5.41. The van der Waals surface area contributed by atoms with E-state index in [1.165, 1.54) is 18.4 Å². The highest BCUT2D eigenvalue weighted by Crippen LogP contribution is 2.52. The van der Waals surface area contributed by atoms with Crippen LogP contribution in [-0.2, 0) is 6.42 Å². The van der Waals surface area contributed by atoms with Crippen molar-refractivity contribution < 1.29 is 0 Å². The first kappa shape index (κ1) is 14.8. The van der Waals surface area contributed by atoms with E-state index in [-0.39, 0.29) is 0 Å². The Morgan fingerprint density at radius 1 is 1.16 bits per heavy atom. The summed E-state index contributed by atoms with van der Waals surface area (Å²) in [7, 11) is 8.84. The van der Waals surface area contributed by atoms with Crippen LogP contribution in [0.1, 0.15) is 25.8 Å². The lowest BCUT2D eigenvalue weighted by molar-refractivity contribution is 0.533. The molecule has 0 amide bonds. The fraction of sp³-hybridized carbons (Fsp3) is 0.600. The zero-order chi connectivity index (χ0) is 14.2. The van der Waals surface area contributed by atoms with Crippen LogP contribution < -0.4 is 0 Å². The van der Waals surface area contributed by atoms with Gasteiger partial charge in [0.1, 0.15) is 0 Å². The maximum absolute atomic E-state index is 2.40. The van der Waals surface area contributed by atoms with Crippen molar-refractivity contribution in [3.8, 4) is 0 Å². The Bertz CT molecular complexity index is 380. The van der Waals surface area contributed by atoms with E-state index in [4.69, 9.17) is 0 Å². The Balaban J connectivity index is 2.07. The maximum Gasteiger partial charge on any atom is 0.0486 e. The summed E-state index contributed by atoms with van der Waals surface area (Å²) in [5, 5.41) is 0.342. The third-order valence-electron chi connectivity index (χ3n) is 4.58. The molecule has 0 aromatic heterocycles. The van der Waals surface area contributed by atoms with Gasteiger partial charge in [0, 0.05) is 13.7 Å². The van der Waals surface area contributed by atoms with Crippen molar-refractivity contribution in [2.45, 2.75) is 31.9 Å². The lowest BCUT2D eigenvalue weighted by atomic mass is 8.98. The molecule has 1 fully saturated rings. The molecule has 1 heterocycles. The Labute approximate surface area is 119 Å². The van der Waals surface area contributed by atoms with Gasteiger partial charge < -0.3 is 15.3 Å². The highest BCUT2D eigenvalue weighted by atomic mass is 15.1. The molecule has 0 bridgehead atoms. The molecule has 0 N–H and O–H groups in total. The molecule has 1 aromatic carbocycles. The standard InChI is InChI=1S/C15H26B2N2/c1-15(2)16(18(3)4)14(17(15)19(5)6)12-11-13-9-7-8-10-13/h7-10H,11-12H2,1-6H3/q-2. The first-order chi connectivity index (χ1) is 8.85. The Hall–Kier alpha value is -0.600. The summed E-state index contributed by atoms with van der Waals surface area (Å²) in [5.74, 6) is 0. The molecule has 2 rings (SSSR count). The molecule has 0 unspecified atom stereocenters. The average Bonchev–Trinajstić information content (AvgIpc) is 2.74. The van der Waals surface area contributed by atoms with Crippen LogP contribution in [0.5, 0.6) is 0 Å². The van der Waals surface area contributed by atoms with Gasteiger partial charge in [-0.25, -0.2) is 11.6 Å². The second-order valence-electron chi connectivity index (χ2n) is 6.92. The van der Waals surface area contributed by atoms with E-state index < -0.39 is 0 Å². The zero-order valence-electron chi connectivity index (χ0n) is 13.3. The van der Waals surface area contributed by atoms with Crippen molar-refractivity contribution in [1.29, 1.82) is 0 Å². The fourth-order valence-electron chi connectivity index (χ4n) is 4.30. The monoisotopic (exact) mass is 256 g/mol. The first-order valence-corrected chi connectivity index (χ1v) is 7.24. The van der Waals surface area contributed by atoms with E-state index in [9.17, 15) is 0 Å². The largest absolute Gasteiger partial charge is 0.380 e. The highest BCUT2D eigenvalue weighted by Gasteiger charge is 2.49. The summed E-state index contributed by atoms with van der Waals surface area (Å²) in [6, 6.07) is 8.74. The normalized spacial score (nSPS) is 19.4. The van der Waals surface area contributed by atoms with Crippen LogP contribution in [0.3, 0.4) is 0 Å². The van der Waals surface area contributed by atoms with Gasteiger partial charge in [-0.15, -0.1) is 11.6 Å². The molecule has 2 nitrogen and oxygen atoms in total. The highest BCUT2D eigenvalue weighted by molar-refractivity contribution is 7.04. The summed E-state index contributed by atoms with van der Waals surface area (Å²) < 4.78 is 0. The number of hydrogen-bond acceptors (Lipinski definition) is 2. The smallest absolute Gasteiger partial charge is 0.0486 e. The Kier molecular flexibility index (Phi) is 4.22. The number of aryl methyl sites for hydroxylation is 1. The van der Waals surface area contributed by atoms with E-state index in [0.29, 0.717) is 18.9 Å².